The molecule has 0 bridgehead atoms. The molecular formula is C25H23Cl2N3O3. The van der Waals surface area contributed by atoms with Crippen molar-refractivity contribution in [3.63, 3.8) is 0 Å². The summed E-state index contributed by atoms with van der Waals surface area (Å²) in [4.78, 5) is 26.8. The number of carbonyl (C=O) groups excluding carboxylic acids is 2. The predicted molar refractivity (Wildman–Crippen MR) is 131 cm³/mol. The van der Waals surface area contributed by atoms with Crippen molar-refractivity contribution in [2.75, 3.05) is 16.9 Å². The van der Waals surface area contributed by atoms with Crippen LogP contribution in [0.1, 0.15) is 17.5 Å². The van der Waals surface area contributed by atoms with Crippen molar-refractivity contribution in [3.05, 3.63) is 87.9 Å². The summed E-state index contributed by atoms with van der Waals surface area (Å²) in [5, 5.41) is 0.943. The highest BCUT2D eigenvalue weighted by molar-refractivity contribution is 6.42. The largest absolute Gasteiger partial charge is 0.487 e. The number of hydrogen-bond donors (Lipinski definition) is 2. The van der Waals surface area contributed by atoms with Gasteiger partial charge in [0.2, 0.25) is 11.8 Å². The summed E-state index contributed by atoms with van der Waals surface area (Å²) >= 11 is 12.0. The Morgan fingerprint density at radius 1 is 1.06 bits per heavy atom. The van der Waals surface area contributed by atoms with Gasteiger partial charge in [0.15, 0.2) is 0 Å². The van der Waals surface area contributed by atoms with Gasteiger partial charge in [-0.3, -0.25) is 20.4 Å². The normalized spacial score (nSPS) is 15.4. The number of benzene rings is 3. The first kappa shape index (κ1) is 23.0. The maximum absolute atomic E-state index is 12.7. The van der Waals surface area contributed by atoms with E-state index in [1.807, 2.05) is 49.4 Å². The molecule has 4 rings (SSSR count). The second kappa shape index (κ2) is 10.1. The Bertz CT molecular complexity index is 1170. The summed E-state index contributed by atoms with van der Waals surface area (Å²) < 4.78 is 5.90. The van der Waals surface area contributed by atoms with Crippen molar-refractivity contribution >= 4 is 46.4 Å². The number of halogens is 2. The third kappa shape index (κ3) is 5.59. The molecule has 1 aliphatic heterocycles. The summed E-state index contributed by atoms with van der Waals surface area (Å²) in [5.74, 6) is -0.204. The fraction of sp³-hybridized carbons (Fsp3) is 0.200. The average Bonchev–Trinajstić information content (AvgIpc) is 3.21. The molecule has 0 saturated carbocycles. The quantitative estimate of drug-likeness (QED) is 0.442. The average molecular weight is 484 g/mol. The summed E-state index contributed by atoms with van der Waals surface area (Å²) in [6.07, 6.45) is 0.164. The highest BCUT2D eigenvalue weighted by atomic mass is 35.5. The van der Waals surface area contributed by atoms with Gasteiger partial charge in [-0.15, -0.1) is 0 Å². The Hall–Kier alpha value is -3.22. The first-order valence-electron chi connectivity index (χ1n) is 10.5. The van der Waals surface area contributed by atoms with Crippen molar-refractivity contribution in [1.82, 2.24) is 5.43 Å². The number of para-hydroxylation sites is 2. The number of ether oxygens (including phenoxy) is 1. The standard InChI is InChI=1S/C25H23Cl2N3O3/c1-16-6-9-19(10-7-16)30-14-18(13-24(30)31)25(32)29-28-22-4-2-3-5-23(22)33-15-17-8-11-20(26)21(27)12-17/h2-12,18,28H,13-15H2,1H3,(H,29,32)/t18-/m0/s1. The van der Waals surface area contributed by atoms with Crippen LogP contribution in [0.3, 0.4) is 0 Å². The molecule has 1 aliphatic rings. The zero-order valence-corrected chi connectivity index (χ0v) is 19.5. The van der Waals surface area contributed by atoms with Gasteiger partial charge in [-0.05, 0) is 48.9 Å². The number of aryl methyl sites for hydroxylation is 1. The van der Waals surface area contributed by atoms with Crippen LogP contribution < -0.4 is 20.5 Å². The van der Waals surface area contributed by atoms with Crippen LogP contribution in [0.25, 0.3) is 0 Å². The maximum atomic E-state index is 12.7. The summed E-state index contributed by atoms with van der Waals surface area (Å²) in [6, 6.07) is 20.3. The number of carbonyl (C=O) groups is 2. The lowest BCUT2D eigenvalue weighted by molar-refractivity contribution is -0.125. The molecule has 0 spiro atoms. The van der Waals surface area contributed by atoms with Crippen LogP contribution >= 0.6 is 23.2 Å². The highest BCUT2D eigenvalue weighted by Gasteiger charge is 2.35. The van der Waals surface area contributed by atoms with Crippen molar-refractivity contribution < 1.29 is 14.3 Å². The van der Waals surface area contributed by atoms with Gasteiger partial charge < -0.3 is 9.64 Å². The van der Waals surface area contributed by atoms with Crippen molar-refractivity contribution in [3.8, 4) is 5.75 Å². The third-order valence-electron chi connectivity index (χ3n) is 5.43. The number of hydrazine groups is 1. The summed E-state index contributed by atoms with van der Waals surface area (Å²) in [7, 11) is 0. The molecule has 1 fully saturated rings. The number of nitrogens with one attached hydrogen (secondary N) is 2. The van der Waals surface area contributed by atoms with Crippen LogP contribution in [0.2, 0.25) is 10.0 Å². The lowest BCUT2D eigenvalue weighted by Gasteiger charge is -2.18. The van der Waals surface area contributed by atoms with Crippen LogP contribution in [-0.2, 0) is 16.2 Å². The molecule has 3 aromatic carbocycles. The second-order valence-corrected chi connectivity index (χ2v) is 8.70. The maximum Gasteiger partial charge on any atom is 0.243 e. The van der Waals surface area contributed by atoms with Crippen molar-refractivity contribution in [1.29, 1.82) is 0 Å². The van der Waals surface area contributed by atoms with Gasteiger partial charge in [0, 0.05) is 18.7 Å². The molecule has 1 heterocycles. The SMILES string of the molecule is Cc1ccc(N2C[C@@H](C(=O)NNc3ccccc3OCc3ccc(Cl)c(Cl)c3)CC2=O)cc1. The molecule has 33 heavy (non-hydrogen) atoms. The summed E-state index contributed by atoms with van der Waals surface area (Å²) in [5.41, 5.74) is 9.02. The van der Waals surface area contributed by atoms with Crippen LogP contribution in [-0.4, -0.2) is 18.4 Å². The van der Waals surface area contributed by atoms with Gasteiger partial charge in [0.1, 0.15) is 12.4 Å². The lowest BCUT2D eigenvalue weighted by atomic mass is 10.1. The minimum absolute atomic E-state index is 0.0654. The molecule has 3 aromatic rings. The Morgan fingerprint density at radius 3 is 2.58 bits per heavy atom. The van der Waals surface area contributed by atoms with E-state index < -0.39 is 5.92 Å². The van der Waals surface area contributed by atoms with E-state index in [1.54, 1.807) is 29.2 Å². The molecule has 0 aliphatic carbocycles. The zero-order valence-electron chi connectivity index (χ0n) is 18.0. The topological polar surface area (TPSA) is 70.7 Å². The van der Waals surface area contributed by atoms with E-state index in [-0.39, 0.29) is 24.8 Å². The monoisotopic (exact) mass is 483 g/mol. The molecule has 8 heteroatoms. The molecule has 0 aromatic heterocycles. The fourth-order valence-corrected chi connectivity index (χ4v) is 3.90. The van der Waals surface area contributed by atoms with Gasteiger partial charge >= 0.3 is 0 Å². The molecule has 0 unspecified atom stereocenters. The molecule has 170 valence electrons. The van der Waals surface area contributed by atoms with E-state index in [1.165, 1.54) is 0 Å². The van der Waals surface area contributed by atoms with Gasteiger partial charge in [0.25, 0.3) is 0 Å². The Morgan fingerprint density at radius 2 is 1.82 bits per heavy atom. The van der Waals surface area contributed by atoms with E-state index >= 15 is 0 Å². The second-order valence-electron chi connectivity index (χ2n) is 7.89. The van der Waals surface area contributed by atoms with Crippen molar-refractivity contribution in [2.45, 2.75) is 20.0 Å². The minimum atomic E-state index is -0.449. The fourth-order valence-electron chi connectivity index (χ4n) is 3.57. The first-order chi connectivity index (χ1) is 15.9. The number of rotatable bonds is 7. The Labute approximate surface area is 202 Å². The molecule has 2 amide bonds. The van der Waals surface area contributed by atoms with E-state index in [0.717, 1.165) is 16.8 Å². The molecule has 1 atom stereocenters. The van der Waals surface area contributed by atoms with Crippen LogP contribution in [0.15, 0.2) is 66.7 Å². The van der Waals surface area contributed by atoms with Gasteiger partial charge in [0.05, 0.1) is 21.7 Å². The molecular weight excluding hydrogens is 461 g/mol. The van der Waals surface area contributed by atoms with E-state index in [4.69, 9.17) is 27.9 Å². The Kier molecular flexibility index (Phi) is 7.06. The number of hydrogen-bond acceptors (Lipinski definition) is 4. The van der Waals surface area contributed by atoms with Gasteiger partial charge in [-0.1, -0.05) is 59.1 Å². The van der Waals surface area contributed by atoms with Crippen LogP contribution in [0.5, 0.6) is 5.75 Å². The molecule has 0 radical (unpaired) electrons. The number of anilines is 2. The van der Waals surface area contributed by atoms with Crippen molar-refractivity contribution in [2.24, 2.45) is 5.92 Å². The summed E-state index contributed by atoms with van der Waals surface area (Å²) in [6.45, 7) is 2.61. The Balaban J connectivity index is 1.35. The van der Waals surface area contributed by atoms with E-state index in [0.29, 0.717) is 28.0 Å². The number of amides is 2. The molecule has 1 saturated heterocycles. The van der Waals surface area contributed by atoms with E-state index in [9.17, 15) is 9.59 Å². The number of nitrogens with zero attached hydrogens (tertiary/aromatic N) is 1. The van der Waals surface area contributed by atoms with Gasteiger partial charge in [-0.25, -0.2) is 0 Å². The lowest BCUT2D eigenvalue weighted by Crippen LogP contribution is -2.36. The van der Waals surface area contributed by atoms with E-state index in [2.05, 4.69) is 10.9 Å². The molecule has 6 nitrogen and oxygen atoms in total. The zero-order chi connectivity index (χ0) is 23.4. The van der Waals surface area contributed by atoms with Crippen LogP contribution in [0.4, 0.5) is 11.4 Å². The van der Waals surface area contributed by atoms with Crippen LogP contribution in [0, 0.1) is 12.8 Å². The third-order valence-corrected chi connectivity index (χ3v) is 6.17. The predicted octanol–water partition coefficient (Wildman–Crippen LogP) is 5.38. The highest BCUT2D eigenvalue weighted by Crippen LogP contribution is 2.28. The molecule has 2 N–H and O–H groups in total. The van der Waals surface area contributed by atoms with Gasteiger partial charge in [-0.2, -0.15) is 0 Å². The first-order valence-corrected chi connectivity index (χ1v) is 11.2. The smallest absolute Gasteiger partial charge is 0.243 e. The minimum Gasteiger partial charge on any atom is -0.487 e.